The second-order valence-corrected chi connectivity index (χ2v) is 6.86. The first-order valence-corrected chi connectivity index (χ1v) is 10.1. The van der Waals surface area contributed by atoms with Crippen LogP contribution in [0, 0.1) is 0 Å². The van der Waals surface area contributed by atoms with Gasteiger partial charge in [0.05, 0.1) is 12.7 Å². The third-order valence-electron chi connectivity index (χ3n) is 4.70. The first-order chi connectivity index (χ1) is 15.2. The number of hydrogen-bond acceptors (Lipinski definition) is 4. The molecule has 2 N–H and O–H groups in total. The topological polar surface area (TPSA) is 76.7 Å². The van der Waals surface area contributed by atoms with Crippen molar-refractivity contribution in [1.82, 2.24) is 10.6 Å². The molecule has 160 valence electrons. The molecule has 2 amide bonds. The van der Waals surface area contributed by atoms with E-state index < -0.39 is 0 Å². The van der Waals surface area contributed by atoms with E-state index in [1.807, 2.05) is 54.6 Å². The fourth-order valence-electron chi connectivity index (χ4n) is 3.09. The maximum atomic E-state index is 12.6. The number of carbonyl (C=O) groups excluding carboxylic acids is 2. The lowest BCUT2D eigenvalue weighted by atomic mass is 10.1. The average molecular weight is 418 g/mol. The standard InChI is InChI=1S/C25H26N2O4/c1-30-22-13-7-5-11-20(22)15-16-26-24(28)18-31-23-14-8-6-12-21(23)25(29)27-17-19-9-3-2-4-10-19/h2-14H,15-18H2,1H3,(H,26,28)(H,27,29). The van der Waals surface area contributed by atoms with Gasteiger partial charge in [-0.2, -0.15) is 0 Å². The lowest BCUT2D eigenvalue weighted by Gasteiger charge is -2.12. The Bertz CT molecular complexity index is 1010. The molecule has 0 bridgehead atoms. The van der Waals surface area contributed by atoms with Gasteiger partial charge in [0.25, 0.3) is 11.8 Å². The number of ether oxygens (including phenoxy) is 2. The summed E-state index contributed by atoms with van der Waals surface area (Å²) in [5.41, 5.74) is 2.41. The summed E-state index contributed by atoms with van der Waals surface area (Å²) in [6, 6.07) is 24.2. The first kappa shape index (κ1) is 21.9. The minimum absolute atomic E-state index is 0.172. The van der Waals surface area contributed by atoms with Crippen LogP contribution in [0.15, 0.2) is 78.9 Å². The fourth-order valence-corrected chi connectivity index (χ4v) is 3.09. The third-order valence-corrected chi connectivity index (χ3v) is 4.70. The van der Waals surface area contributed by atoms with E-state index in [9.17, 15) is 9.59 Å². The van der Waals surface area contributed by atoms with Crippen LogP contribution in [0.3, 0.4) is 0 Å². The highest BCUT2D eigenvalue weighted by molar-refractivity contribution is 5.97. The molecule has 0 unspecified atom stereocenters. The van der Waals surface area contributed by atoms with Crippen LogP contribution in [0.1, 0.15) is 21.5 Å². The molecule has 31 heavy (non-hydrogen) atoms. The van der Waals surface area contributed by atoms with Crippen LogP contribution in [0.4, 0.5) is 0 Å². The monoisotopic (exact) mass is 418 g/mol. The van der Waals surface area contributed by atoms with E-state index in [1.54, 1.807) is 31.4 Å². The number of hydrogen-bond donors (Lipinski definition) is 2. The molecule has 0 radical (unpaired) electrons. The van der Waals surface area contributed by atoms with Gasteiger partial charge in [-0.05, 0) is 35.7 Å². The highest BCUT2D eigenvalue weighted by Gasteiger charge is 2.13. The van der Waals surface area contributed by atoms with Gasteiger partial charge >= 0.3 is 0 Å². The number of amides is 2. The third kappa shape index (κ3) is 6.60. The van der Waals surface area contributed by atoms with Gasteiger partial charge in [-0.25, -0.2) is 0 Å². The van der Waals surface area contributed by atoms with Gasteiger partial charge in [-0.3, -0.25) is 9.59 Å². The zero-order valence-electron chi connectivity index (χ0n) is 17.5. The van der Waals surface area contributed by atoms with E-state index in [0.717, 1.165) is 16.9 Å². The Balaban J connectivity index is 1.48. The van der Waals surface area contributed by atoms with E-state index in [2.05, 4.69) is 10.6 Å². The number of nitrogens with one attached hydrogen (secondary N) is 2. The Hall–Kier alpha value is -3.80. The number of benzene rings is 3. The molecule has 3 aromatic carbocycles. The molecule has 3 aromatic rings. The van der Waals surface area contributed by atoms with E-state index in [0.29, 0.717) is 30.8 Å². The Labute approximate surface area is 182 Å². The van der Waals surface area contributed by atoms with Gasteiger partial charge in [0.15, 0.2) is 6.61 Å². The summed E-state index contributed by atoms with van der Waals surface area (Å²) in [6.07, 6.45) is 0.647. The molecule has 0 spiro atoms. The van der Waals surface area contributed by atoms with Crippen LogP contribution >= 0.6 is 0 Å². The van der Waals surface area contributed by atoms with Gasteiger partial charge < -0.3 is 20.1 Å². The summed E-state index contributed by atoms with van der Waals surface area (Å²) >= 11 is 0. The second kappa shape index (κ2) is 11.4. The zero-order chi connectivity index (χ0) is 21.9. The highest BCUT2D eigenvalue weighted by atomic mass is 16.5. The largest absolute Gasteiger partial charge is 0.496 e. The molecule has 0 aliphatic rings. The fraction of sp³-hybridized carbons (Fsp3) is 0.200. The molecule has 0 saturated heterocycles. The van der Waals surface area contributed by atoms with Crippen molar-refractivity contribution in [1.29, 1.82) is 0 Å². The molecule has 0 atom stereocenters. The van der Waals surface area contributed by atoms with Crippen molar-refractivity contribution in [3.8, 4) is 11.5 Å². The van der Waals surface area contributed by atoms with Crippen molar-refractivity contribution in [3.05, 3.63) is 95.6 Å². The highest BCUT2D eigenvalue weighted by Crippen LogP contribution is 2.18. The normalized spacial score (nSPS) is 10.2. The van der Waals surface area contributed by atoms with Gasteiger partial charge in [0, 0.05) is 13.1 Å². The Morgan fingerprint density at radius 2 is 1.48 bits per heavy atom. The van der Waals surface area contributed by atoms with Gasteiger partial charge in [0.1, 0.15) is 11.5 Å². The van der Waals surface area contributed by atoms with Gasteiger partial charge in [0.2, 0.25) is 0 Å². The lowest BCUT2D eigenvalue weighted by Crippen LogP contribution is -2.31. The molecule has 6 heteroatoms. The summed E-state index contributed by atoms with van der Waals surface area (Å²) in [5, 5.41) is 5.70. The lowest BCUT2D eigenvalue weighted by molar-refractivity contribution is -0.123. The molecular formula is C25H26N2O4. The van der Waals surface area contributed by atoms with Crippen molar-refractivity contribution in [3.63, 3.8) is 0 Å². The Morgan fingerprint density at radius 3 is 2.26 bits per heavy atom. The van der Waals surface area contributed by atoms with Crippen LogP contribution < -0.4 is 20.1 Å². The van der Waals surface area contributed by atoms with E-state index >= 15 is 0 Å². The van der Waals surface area contributed by atoms with E-state index in [1.165, 1.54) is 0 Å². The minimum atomic E-state index is -0.255. The molecule has 0 saturated carbocycles. The van der Waals surface area contributed by atoms with Crippen molar-refractivity contribution in [2.24, 2.45) is 0 Å². The molecule has 3 rings (SSSR count). The van der Waals surface area contributed by atoms with Crippen LogP contribution in [0.25, 0.3) is 0 Å². The van der Waals surface area contributed by atoms with Crippen LogP contribution in [-0.2, 0) is 17.8 Å². The predicted molar refractivity (Wildman–Crippen MR) is 119 cm³/mol. The first-order valence-electron chi connectivity index (χ1n) is 10.1. The van der Waals surface area contributed by atoms with E-state index in [-0.39, 0.29) is 18.4 Å². The van der Waals surface area contributed by atoms with Crippen molar-refractivity contribution < 1.29 is 19.1 Å². The van der Waals surface area contributed by atoms with Crippen LogP contribution in [0.2, 0.25) is 0 Å². The maximum absolute atomic E-state index is 12.6. The summed E-state index contributed by atoms with van der Waals surface area (Å²) < 4.78 is 10.9. The number of methoxy groups -OCH3 is 1. The van der Waals surface area contributed by atoms with Crippen molar-refractivity contribution >= 4 is 11.8 Å². The zero-order valence-corrected chi connectivity index (χ0v) is 17.5. The molecule has 0 aliphatic carbocycles. The summed E-state index contributed by atoms with van der Waals surface area (Å²) in [6.45, 7) is 0.703. The smallest absolute Gasteiger partial charge is 0.257 e. The Kier molecular flexibility index (Phi) is 8.05. The van der Waals surface area contributed by atoms with Crippen LogP contribution in [0.5, 0.6) is 11.5 Å². The van der Waals surface area contributed by atoms with Crippen molar-refractivity contribution in [2.75, 3.05) is 20.3 Å². The predicted octanol–water partition coefficient (Wildman–Crippen LogP) is 3.36. The summed E-state index contributed by atoms with van der Waals surface area (Å²) in [5.74, 6) is 0.654. The molecular weight excluding hydrogens is 392 g/mol. The molecule has 0 fully saturated rings. The van der Waals surface area contributed by atoms with Crippen molar-refractivity contribution in [2.45, 2.75) is 13.0 Å². The number of carbonyl (C=O) groups is 2. The van der Waals surface area contributed by atoms with E-state index in [4.69, 9.17) is 9.47 Å². The second-order valence-electron chi connectivity index (χ2n) is 6.86. The van der Waals surface area contributed by atoms with Gasteiger partial charge in [-0.1, -0.05) is 60.7 Å². The Morgan fingerprint density at radius 1 is 0.806 bits per heavy atom. The molecule has 0 heterocycles. The SMILES string of the molecule is COc1ccccc1CCNC(=O)COc1ccccc1C(=O)NCc1ccccc1. The summed E-state index contributed by atoms with van der Waals surface area (Å²) in [4.78, 5) is 24.8. The number of rotatable bonds is 10. The summed E-state index contributed by atoms with van der Waals surface area (Å²) in [7, 11) is 1.62. The molecule has 0 aliphatic heterocycles. The van der Waals surface area contributed by atoms with Gasteiger partial charge in [-0.15, -0.1) is 0 Å². The molecule has 0 aromatic heterocycles. The van der Waals surface area contributed by atoms with Crippen LogP contribution in [-0.4, -0.2) is 32.1 Å². The minimum Gasteiger partial charge on any atom is -0.496 e. The number of para-hydroxylation sites is 2. The average Bonchev–Trinajstić information content (AvgIpc) is 2.82. The quantitative estimate of drug-likeness (QED) is 0.529. The molecule has 6 nitrogen and oxygen atoms in total. The maximum Gasteiger partial charge on any atom is 0.257 e.